The lowest BCUT2D eigenvalue weighted by atomic mass is 9.97. The molecule has 15 heavy (non-hydrogen) atoms. The second-order valence-electron chi connectivity index (χ2n) is 3.91. The van der Waals surface area contributed by atoms with E-state index in [4.69, 9.17) is 0 Å². The van der Waals surface area contributed by atoms with Gasteiger partial charge in [0, 0.05) is 13.1 Å². The van der Waals surface area contributed by atoms with Crippen molar-refractivity contribution in [2.45, 2.75) is 13.8 Å². The molecule has 3 N–H and O–H groups in total. The Morgan fingerprint density at radius 1 is 1.33 bits per heavy atom. The molecule has 5 heteroatoms. The van der Waals surface area contributed by atoms with Gasteiger partial charge in [-0.3, -0.25) is 9.59 Å². The average Bonchev–Trinajstić information content (AvgIpc) is 2.61. The van der Waals surface area contributed by atoms with Crippen LogP contribution >= 0.6 is 0 Å². The minimum Gasteiger partial charge on any atom is -0.355 e. The third-order valence-electron chi connectivity index (χ3n) is 2.65. The summed E-state index contributed by atoms with van der Waals surface area (Å²) in [4.78, 5) is 22.7. The summed E-state index contributed by atoms with van der Waals surface area (Å²) in [6.45, 7) is 6.15. The third-order valence-corrected chi connectivity index (χ3v) is 2.65. The standard InChI is InChI=1S/C10H19N3O2/c1-3-12-9(14)6-13-10(15)8-5-11-4-7(8)2/h7-8,11H,3-6H2,1-2H3,(H,12,14)(H,13,15). The highest BCUT2D eigenvalue weighted by atomic mass is 16.2. The predicted molar refractivity (Wildman–Crippen MR) is 57.2 cm³/mol. The first-order chi connectivity index (χ1) is 7.15. The summed E-state index contributed by atoms with van der Waals surface area (Å²) in [5.41, 5.74) is 0. The predicted octanol–water partition coefficient (Wildman–Crippen LogP) is -0.906. The van der Waals surface area contributed by atoms with E-state index in [2.05, 4.69) is 16.0 Å². The molecule has 0 spiro atoms. The molecule has 1 fully saturated rings. The van der Waals surface area contributed by atoms with Gasteiger partial charge in [0.1, 0.15) is 0 Å². The summed E-state index contributed by atoms with van der Waals surface area (Å²) >= 11 is 0. The lowest BCUT2D eigenvalue weighted by Gasteiger charge is -2.13. The lowest BCUT2D eigenvalue weighted by Crippen LogP contribution is -2.41. The summed E-state index contributed by atoms with van der Waals surface area (Å²) in [5, 5.41) is 8.44. The van der Waals surface area contributed by atoms with E-state index in [0.29, 0.717) is 19.0 Å². The fourth-order valence-electron chi connectivity index (χ4n) is 1.72. The van der Waals surface area contributed by atoms with E-state index in [-0.39, 0.29) is 24.3 Å². The first-order valence-corrected chi connectivity index (χ1v) is 5.40. The van der Waals surface area contributed by atoms with Crippen molar-refractivity contribution in [1.29, 1.82) is 0 Å². The molecule has 0 aromatic heterocycles. The SMILES string of the molecule is CCNC(=O)CNC(=O)C1CNCC1C. The van der Waals surface area contributed by atoms with Crippen LogP contribution in [-0.4, -0.2) is 38.0 Å². The first kappa shape index (κ1) is 12.0. The fraction of sp³-hybridized carbons (Fsp3) is 0.800. The van der Waals surface area contributed by atoms with Crippen LogP contribution in [0.4, 0.5) is 0 Å². The molecule has 0 aromatic carbocycles. The molecular weight excluding hydrogens is 194 g/mol. The van der Waals surface area contributed by atoms with Crippen LogP contribution in [0.1, 0.15) is 13.8 Å². The number of hydrogen-bond donors (Lipinski definition) is 3. The van der Waals surface area contributed by atoms with E-state index < -0.39 is 0 Å². The Balaban J connectivity index is 2.26. The van der Waals surface area contributed by atoms with Crippen molar-refractivity contribution in [3.8, 4) is 0 Å². The molecule has 2 amide bonds. The van der Waals surface area contributed by atoms with Crippen LogP contribution < -0.4 is 16.0 Å². The number of nitrogens with one attached hydrogen (secondary N) is 3. The highest BCUT2D eigenvalue weighted by Gasteiger charge is 2.29. The number of likely N-dealkylation sites (N-methyl/N-ethyl adjacent to an activating group) is 1. The molecule has 1 saturated heterocycles. The summed E-state index contributed by atoms with van der Waals surface area (Å²) in [6.07, 6.45) is 0. The van der Waals surface area contributed by atoms with Crippen LogP contribution in [0.2, 0.25) is 0 Å². The maximum atomic E-state index is 11.6. The van der Waals surface area contributed by atoms with Crippen molar-refractivity contribution in [3.63, 3.8) is 0 Å². The minimum absolute atomic E-state index is 0.000531. The van der Waals surface area contributed by atoms with E-state index in [9.17, 15) is 9.59 Å². The van der Waals surface area contributed by atoms with Gasteiger partial charge in [0.15, 0.2) is 0 Å². The summed E-state index contributed by atoms with van der Waals surface area (Å²) < 4.78 is 0. The summed E-state index contributed by atoms with van der Waals surface area (Å²) in [5.74, 6) is 0.182. The van der Waals surface area contributed by atoms with Gasteiger partial charge in [-0.2, -0.15) is 0 Å². The number of rotatable bonds is 4. The highest BCUT2D eigenvalue weighted by molar-refractivity contribution is 5.86. The molecule has 0 bridgehead atoms. The third kappa shape index (κ3) is 3.51. The van der Waals surface area contributed by atoms with Gasteiger partial charge in [0.05, 0.1) is 12.5 Å². The normalized spacial score (nSPS) is 24.9. The molecule has 1 aliphatic rings. The van der Waals surface area contributed by atoms with Crippen LogP contribution in [0.3, 0.4) is 0 Å². The van der Waals surface area contributed by atoms with E-state index in [0.717, 1.165) is 6.54 Å². The van der Waals surface area contributed by atoms with E-state index in [1.165, 1.54) is 0 Å². The van der Waals surface area contributed by atoms with E-state index in [1.807, 2.05) is 13.8 Å². The summed E-state index contributed by atoms with van der Waals surface area (Å²) in [7, 11) is 0. The Bertz CT molecular complexity index is 243. The zero-order chi connectivity index (χ0) is 11.3. The van der Waals surface area contributed by atoms with Crippen molar-refractivity contribution in [3.05, 3.63) is 0 Å². The Kier molecular flexibility index (Phi) is 4.55. The smallest absolute Gasteiger partial charge is 0.239 e. The van der Waals surface area contributed by atoms with E-state index >= 15 is 0 Å². The zero-order valence-electron chi connectivity index (χ0n) is 9.30. The number of amides is 2. The maximum Gasteiger partial charge on any atom is 0.239 e. The van der Waals surface area contributed by atoms with Crippen molar-refractivity contribution in [1.82, 2.24) is 16.0 Å². The number of carbonyl (C=O) groups is 2. The Labute approximate surface area is 90.0 Å². The zero-order valence-corrected chi connectivity index (χ0v) is 9.30. The monoisotopic (exact) mass is 213 g/mol. The van der Waals surface area contributed by atoms with Gasteiger partial charge in [-0.1, -0.05) is 6.92 Å². The van der Waals surface area contributed by atoms with Crippen LogP contribution in [0.5, 0.6) is 0 Å². The van der Waals surface area contributed by atoms with Crippen LogP contribution in [0.25, 0.3) is 0 Å². The van der Waals surface area contributed by atoms with Gasteiger partial charge in [-0.15, -0.1) is 0 Å². The van der Waals surface area contributed by atoms with Gasteiger partial charge in [-0.25, -0.2) is 0 Å². The molecule has 1 aliphatic heterocycles. The Hall–Kier alpha value is -1.10. The second kappa shape index (κ2) is 5.70. The molecule has 86 valence electrons. The fourth-order valence-corrected chi connectivity index (χ4v) is 1.72. The quantitative estimate of drug-likeness (QED) is 0.566. The largest absolute Gasteiger partial charge is 0.355 e. The van der Waals surface area contributed by atoms with Crippen molar-refractivity contribution in [2.24, 2.45) is 11.8 Å². The summed E-state index contributed by atoms with van der Waals surface area (Å²) in [6, 6.07) is 0. The molecule has 1 rings (SSSR count). The topological polar surface area (TPSA) is 70.2 Å². The molecule has 0 radical (unpaired) electrons. The van der Waals surface area contributed by atoms with E-state index in [1.54, 1.807) is 0 Å². The molecule has 0 aliphatic carbocycles. The van der Waals surface area contributed by atoms with Crippen molar-refractivity contribution < 1.29 is 9.59 Å². The molecular formula is C10H19N3O2. The van der Waals surface area contributed by atoms with Crippen LogP contribution in [-0.2, 0) is 9.59 Å². The maximum absolute atomic E-state index is 11.6. The van der Waals surface area contributed by atoms with Crippen LogP contribution in [0.15, 0.2) is 0 Å². The van der Waals surface area contributed by atoms with Gasteiger partial charge in [-0.05, 0) is 19.4 Å². The van der Waals surface area contributed by atoms with Gasteiger partial charge < -0.3 is 16.0 Å². The molecule has 2 unspecified atom stereocenters. The lowest BCUT2D eigenvalue weighted by molar-refractivity contribution is -0.128. The Morgan fingerprint density at radius 3 is 2.60 bits per heavy atom. The van der Waals surface area contributed by atoms with Gasteiger partial charge >= 0.3 is 0 Å². The minimum atomic E-state index is -0.135. The second-order valence-corrected chi connectivity index (χ2v) is 3.91. The Morgan fingerprint density at radius 2 is 2.07 bits per heavy atom. The molecule has 5 nitrogen and oxygen atoms in total. The van der Waals surface area contributed by atoms with Crippen molar-refractivity contribution in [2.75, 3.05) is 26.2 Å². The first-order valence-electron chi connectivity index (χ1n) is 5.40. The number of hydrogen-bond acceptors (Lipinski definition) is 3. The molecule has 2 atom stereocenters. The van der Waals surface area contributed by atoms with Crippen LogP contribution in [0, 0.1) is 11.8 Å². The average molecular weight is 213 g/mol. The van der Waals surface area contributed by atoms with Gasteiger partial charge in [0.2, 0.25) is 11.8 Å². The van der Waals surface area contributed by atoms with Gasteiger partial charge in [0.25, 0.3) is 0 Å². The molecule has 0 saturated carbocycles. The highest BCUT2D eigenvalue weighted by Crippen LogP contribution is 2.15. The van der Waals surface area contributed by atoms with Crippen molar-refractivity contribution >= 4 is 11.8 Å². The molecule has 1 heterocycles. The molecule has 0 aromatic rings. The number of carbonyl (C=O) groups excluding carboxylic acids is 2.